The number of methoxy groups -OCH3 is 1. The van der Waals surface area contributed by atoms with E-state index in [2.05, 4.69) is 9.72 Å². The average molecular weight is 242 g/mol. The molecule has 2 aromatic rings. The summed E-state index contributed by atoms with van der Waals surface area (Å²) in [4.78, 5) is 15.6. The van der Waals surface area contributed by atoms with Gasteiger partial charge in [-0.3, -0.25) is 4.57 Å². The molecular weight excluding hydrogens is 232 g/mol. The predicted molar refractivity (Wildman–Crippen MR) is 64.0 cm³/mol. The summed E-state index contributed by atoms with van der Waals surface area (Å²) in [7, 11) is 1.28. The standard InChI is InChI=1S/C12H10N4O2/c1-18-12(17)9-5-11(15-7-10(9)14)16-4-2-3-8(16)6-13/h2-5,7H,14H2,1H3. The smallest absolute Gasteiger partial charge is 0.340 e. The summed E-state index contributed by atoms with van der Waals surface area (Å²) in [6.07, 6.45) is 3.04. The van der Waals surface area contributed by atoms with Crippen molar-refractivity contribution in [2.24, 2.45) is 0 Å². The first-order valence-corrected chi connectivity index (χ1v) is 5.09. The highest BCUT2D eigenvalue weighted by atomic mass is 16.5. The molecule has 2 heterocycles. The Morgan fingerprint density at radius 1 is 1.61 bits per heavy atom. The van der Waals surface area contributed by atoms with Gasteiger partial charge >= 0.3 is 5.97 Å². The van der Waals surface area contributed by atoms with E-state index in [0.29, 0.717) is 11.5 Å². The van der Waals surface area contributed by atoms with Crippen LogP contribution in [-0.4, -0.2) is 22.6 Å². The maximum absolute atomic E-state index is 11.5. The maximum atomic E-state index is 11.5. The number of esters is 1. The molecule has 2 N–H and O–H groups in total. The molecule has 90 valence electrons. The Kier molecular flexibility index (Phi) is 2.98. The fraction of sp³-hybridized carbons (Fsp3) is 0.0833. The van der Waals surface area contributed by atoms with Crippen LogP contribution in [0, 0.1) is 11.3 Å². The molecule has 0 radical (unpaired) electrons. The van der Waals surface area contributed by atoms with Crippen LogP contribution in [0.4, 0.5) is 5.69 Å². The lowest BCUT2D eigenvalue weighted by molar-refractivity contribution is 0.0602. The maximum Gasteiger partial charge on any atom is 0.340 e. The molecule has 0 spiro atoms. The predicted octanol–water partition coefficient (Wildman–Crippen LogP) is 1.11. The van der Waals surface area contributed by atoms with Gasteiger partial charge in [0.15, 0.2) is 0 Å². The number of ether oxygens (including phenoxy) is 1. The number of nitrogens with zero attached hydrogens (tertiary/aromatic N) is 3. The highest BCUT2D eigenvalue weighted by Gasteiger charge is 2.13. The number of aromatic nitrogens is 2. The number of hydrogen-bond donors (Lipinski definition) is 1. The lowest BCUT2D eigenvalue weighted by Gasteiger charge is -2.07. The molecule has 0 saturated carbocycles. The van der Waals surface area contributed by atoms with Gasteiger partial charge < -0.3 is 10.5 Å². The molecule has 0 saturated heterocycles. The molecule has 0 fully saturated rings. The number of pyridine rings is 1. The van der Waals surface area contributed by atoms with E-state index in [1.165, 1.54) is 19.4 Å². The molecule has 6 nitrogen and oxygen atoms in total. The SMILES string of the molecule is COC(=O)c1cc(-n2cccc2C#N)ncc1N. The van der Waals surface area contributed by atoms with Crippen molar-refractivity contribution in [2.45, 2.75) is 0 Å². The van der Waals surface area contributed by atoms with Crippen LogP contribution in [0.15, 0.2) is 30.6 Å². The fourth-order valence-corrected chi connectivity index (χ4v) is 1.55. The number of nitriles is 1. The second-order valence-corrected chi connectivity index (χ2v) is 3.50. The largest absolute Gasteiger partial charge is 0.465 e. The molecule has 2 aromatic heterocycles. The first kappa shape index (κ1) is 11.7. The molecule has 0 bridgehead atoms. The highest BCUT2D eigenvalue weighted by Crippen LogP contribution is 2.17. The molecule has 2 rings (SSSR count). The van der Waals surface area contributed by atoms with Crippen molar-refractivity contribution in [3.8, 4) is 11.9 Å². The quantitative estimate of drug-likeness (QED) is 0.796. The third kappa shape index (κ3) is 1.89. The molecule has 0 unspecified atom stereocenters. The van der Waals surface area contributed by atoms with E-state index in [-0.39, 0.29) is 11.3 Å². The van der Waals surface area contributed by atoms with Crippen molar-refractivity contribution in [3.05, 3.63) is 41.9 Å². The highest BCUT2D eigenvalue weighted by molar-refractivity contribution is 5.95. The minimum absolute atomic E-state index is 0.222. The summed E-state index contributed by atoms with van der Waals surface area (Å²) in [5.41, 5.74) is 6.53. The van der Waals surface area contributed by atoms with Crippen molar-refractivity contribution in [1.29, 1.82) is 5.26 Å². The van der Waals surface area contributed by atoms with Gasteiger partial charge in [0.05, 0.1) is 24.6 Å². The minimum Gasteiger partial charge on any atom is -0.465 e. The summed E-state index contributed by atoms with van der Waals surface area (Å²) in [6, 6.07) is 6.88. The first-order chi connectivity index (χ1) is 8.67. The number of carbonyl (C=O) groups excluding carboxylic acids is 1. The molecule has 0 aliphatic heterocycles. The van der Waals surface area contributed by atoms with Crippen LogP contribution < -0.4 is 5.73 Å². The fourth-order valence-electron chi connectivity index (χ4n) is 1.55. The van der Waals surface area contributed by atoms with Gasteiger partial charge in [-0.25, -0.2) is 9.78 Å². The number of carbonyl (C=O) groups is 1. The summed E-state index contributed by atoms with van der Waals surface area (Å²) in [6.45, 7) is 0. The van der Waals surface area contributed by atoms with Crippen LogP contribution in [0.25, 0.3) is 5.82 Å². The second-order valence-electron chi connectivity index (χ2n) is 3.50. The van der Waals surface area contributed by atoms with E-state index in [9.17, 15) is 4.79 Å². The van der Waals surface area contributed by atoms with Crippen molar-refractivity contribution in [3.63, 3.8) is 0 Å². The molecule has 0 atom stereocenters. The Hall–Kier alpha value is -2.81. The van der Waals surface area contributed by atoms with Gasteiger partial charge in [0.25, 0.3) is 0 Å². The van der Waals surface area contributed by atoms with Gasteiger partial charge in [-0.15, -0.1) is 0 Å². The van der Waals surface area contributed by atoms with Gasteiger partial charge in [0.1, 0.15) is 17.6 Å². The van der Waals surface area contributed by atoms with E-state index in [1.54, 1.807) is 22.9 Å². The zero-order valence-electron chi connectivity index (χ0n) is 9.62. The van der Waals surface area contributed by atoms with Crippen LogP contribution >= 0.6 is 0 Å². The summed E-state index contributed by atoms with van der Waals surface area (Å²) < 4.78 is 6.19. The van der Waals surface area contributed by atoms with Crippen molar-refractivity contribution < 1.29 is 9.53 Å². The van der Waals surface area contributed by atoms with Crippen LogP contribution in [0.3, 0.4) is 0 Å². The number of nitrogen functional groups attached to an aromatic ring is 1. The van der Waals surface area contributed by atoms with Crippen molar-refractivity contribution in [1.82, 2.24) is 9.55 Å². The normalized spacial score (nSPS) is 9.78. The van der Waals surface area contributed by atoms with Crippen molar-refractivity contribution >= 4 is 11.7 Å². The Morgan fingerprint density at radius 3 is 3.06 bits per heavy atom. The molecule has 6 heteroatoms. The number of nitrogens with two attached hydrogens (primary N) is 1. The second kappa shape index (κ2) is 4.59. The summed E-state index contributed by atoms with van der Waals surface area (Å²) >= 11 is 0. The molecule has 0 aliphatic rings. The Labute approximate surface area is 103 Å². The van der Waals surface area contributed by atoms with Crippen molar-refractivity contribution in [2.75, 3.05) is 12.8 Å². The van der Waals surface area contributed by atoms with Crippen LogP contribution in [0.1, 0.15) is 16.1 Å². The van der Waals surface area contributed by atoms with Gasteiger partial charge in [-0.2, -0.15) is 5.26 Å². The third-order valence-corrected chi connectivity index (χ3v) is 2.44. The summed E-state index contributed by atoms with van der Waals surface area (Å²) in [5, 5.41) is 8.93. The molecule has 18 heavy (non-hydrogen) atoms. The van der Waals surface area contributed by atoms with Crippen LogP contribution in [-0.2, 0) is 4.74 Å². The van der Waals surface area contributed by atoms with Gasteiger partial charge in [0, 0.05) is 6.20 Å². The molecule has 0 amide bonds. The minimum atomic E-state index is -0.540. The first-order valence-electron chi connectivity index (χ1n) is 5.09. The zero-order valence-corrected chi connectivity index (χ0v) is 9.62. The van der Waals surface area contributed by atoms with Gasteiger partial charge in [-0.1, -0.05) is 0 Å². The van der Waals surface area contributed by atoms with Gasteiger partial charge in [-0.05, 0) is 18.2 Å². The number of rotatable bonds is 2. The molecule has 0 aromatic carbocycles. The van der Waals surface area contributed by atoms with Gasteiger partial charge in [0.2, 0.25) is 0 Å². The van der Waals surface area contributed by atoms with E-state index in [4.69, 9.17) is 11.0 Å². The van der Waals surface area contributed by atoms with E-state index in [0.717, 1.165) is 0 Å². The number of anilines is 1. The van der Waals surface area contributed by atoms with E-state index in [1.807, 2.05) is 6.07 Å². The van der Waals surface area contributed by atoms with Crippen LogP contribution in [0.5, 0.6) is 0 Å². The topological polar surface area (TPSA) is 93.9 Å². The molecular formula is C12H10N4O2. The van der Waals surface area contributed by atoms with Crippen LogP contribution in [0.2, 0.25) is 0 Å². The Balaban J connectivity index is 2.55. The monoisotopic (exact) mass is 242 g/mol. The molecule has 0 aliphatic carbocycles. The Morgan fingerprint density at radius 2 is 2.39 bits per heavy atom. The Bertz CT molecular complexity index is 640. The summed E-state index contributed by atoms with van der Waals surface area (Å²) in [5.74, 6) is -0.104. The lowest BCUT2D eigenvalue weighted by atomic mass is 10.2. The zero-order chi connectivity index (χ0) is 13.1. The van der Waals surface area contributed by atoms with E-state index >= 15 is 0 Å². The average Bonchev–Trinajstić information content (AvgIpc) is 2.86. The third-order valence-electron chi connectivity index (χ3n) is 2.44. The lowest BCUT2D eigenvalue weighted by Crippen LogP contribution is -2.09. The number of hydrogen-bond acceptors (Lipinski definition) is 5. The van der Waals surface area contributed by atoms with E-state index < -0.39 is 5.97 Å².